The van der Waals surface area contributed by atoms with Crippen LogP contribution in [0.25, 0.3) is 0 Å². The predicted octanol–water partition coefficient (Wildman–Crippen LogP) is 0.375. The molecule has 0 unspecified atom stereocenters. The molecule has 0 aliphatic heterocycles. The van der Waals surface area contributed by atoms with E-state index in [1.54, 1.807) is 7.05 Å². The number of amides is 1. The maximum atomic E-state index is 10.8. The van der Waals surface area contributed by atoms with Gasteiger partial charge in [0.05, 0.1) is 0 Å². The van der Waals surface area contributed by atoms with E-state index in [0.717, 1.165) is 0 Å². The summed E-state index contributed by atoms with van der Waals surface area (Å²) in [6, 6.07) is 0. The first-order chi connectivity index (χ1) is 5.70. The highest BCUT2D eigenvalue weighted by Crippen LogP contribution is 2.13. The topological polar surface area (TPSA) is 83.8 Å². The summed E-state index contributed by atoms with van der Waals surface area (Å²) < 4.78 is 0. The fourth-order valence-corrected chi connectivity index (χ4v) is 0.867. The summed E-state index contributed by atoms with van der Waals surface area (Å²) >= 11 is 0. The summed E-state index contributed by atoms with van der Waals surface area (Å²) in [5.41, 5.74) is 5.60. The van der Waals surface area contributed by atoms with E-state index >= 15 is 0 Å². The summed E-state index contributed by atoms with van der Waals surface area (Å²) in [4.78, 5) is 10.8. The van der Waals surface area contributed by atoms with Crippen molar-refractivity contribution in [2.45, 2.75) is 0 Å². The Kier molecular flexibility index (Phi) is 6.62. The average molecular weight is 237 g/mol. The highest BCUT2D eigenvalue weighted by Gasteiger charge is 2.15. The van der Waals surface area contributed by atoms with Gasteiger partial charge in [-0.25, -0.2) is 0 Å². The van der Waals surface area contributed by atoms with Crippen LogP contribution in [0.4, 0.5) is 5.82 Å². The number of primary amides is 1. The number of aromatic amines is 1. The SMILES string of the molecule is C#Cc1[nH]nc(NC)c1C(N)=O.Cl.Cl. The van der Waals surface area contributed by atoms with Gasteiger partial charge in [-0.05, 0) is 5.92 Å². The normalized spacial score (nSPS) is 7.71. The number of hydrogen-bond acceptors (Lipinski definition) is 3. The minimum Gasteiger partial charge on any atom is -0.371 e. The van der Waals surface area contributed by atoms with Crippen molar-refractivity contribution in [3.63, 3.8) is 0 Å². The number of carbonyl (C=O) groups is 1. The molecule has 0 aliphatic carbocycles. The average Bonchev–Trinajstić information content (AvgIpc) is 2.46. The highest BCUT2D eigenvalue weighted by atomic mass is 35.5. The van der Waals surface area contributed by atoms with Crippen molar-refractivity contribution >= 4 is 36.5 Å². The van der Waals surface area contributed by atoms with E-state index in [-0.39, 0.29) is 30.4 Å². The van der Waals surface area contributed by atoms with E-state index < -0.39 is 5.91 Å². The number of hydrogen-bond donors (Lipinski definition) is 3. The van der Waals surface area contributed by atoms with Gasteiger partial charge in [0.2, 0.25) is 0 Å². The lowest BCUT2D eigenvalue weighted by Gasteiger charge is -1.95. The first-order valence-electron chi connectivity index (χ1n) is 3.23. The van der Waals surface area contributed by atoms with Gasteiger partial charge in [-0.3, -0.25) is 9.89 Å². The van der Waals surface area contributed by atoms with Gasteiger partial charge < -0.3 is 11.1 Å². The molecule has 1 amide bonds. The summed E-state index contributed by atoms with van der Waals surface area (Å²) in [6.45, 7) is 0. The number of nitrogens with two attached hydrogens (primary N) is 1. The molecule has 1 aromatic rings. The molecule has 5 nitrogen and oxygen atoms in total. The smallest absolute Gasteiger partial charge is 0.255 e. The molecule has 0 fully saturated rings. The van der Waals surface area contributed by atoms with E-state index in [9.17, 15) is 4.79 Å². The largest absolute Gasteiger partial charge is 0.371 e. The summed E-state index contributed by atoms with van der Waals surface area (Å²) in [5, 5.41) is 8.95. The third kappa shape index (κ3) is 2.55. The van der Waals surface area contributed by atoms with Crippen LogP contribution < -0.4 is 11.1 Å². The molecular weight excluding hydrogens is 227 g/mol. The van der Waals surface area contributed by atoms with Gasteiger partial charge in [-0.1, -0.05) is 0 Å². The van der Waals surface area contributed by atoms with E-state index in [2.05, 4.69) is 21.4 Å². The van der Waals surface area contributed by atoms with E-state index in [1.165, 1.54) is 0 Å². The molecule has 0 radical (unpaired) electrons. The van der Waals surface area contributed by atoms with Gasteiger partial charge in [0.25, 0.3) is 5.91 Å². The van der Waals surface area contributed by atoms with Crippen LogP contribution in [0.15, 0.2) is 0 Å². The van der Waals surface area contributed by atoms with Gasteiger partial charge in [0, 0.05) is 7.05 Å². The van der Waals surface area contributed by atoms with Crippen LogP contribution in [0, 0.1) is 12.3 Å². The number of nitrogens with zero attached hydrogens (tertiary/aromatic N) is 1. The molecule has 0 saturated carbocycles. The molecule has 0 spiro atoms. The van der Waals surface area contributed by atoms with Crippen molar-refractivity contribution in [2.75, 3.05) is 12.4 Å². The second-order valence-corrected chi connectivity index (χ2v) is 2.08. The summed E-state index contributed by atoms with van der Waals surface area (Å²) in [7, 11) is 1.63. The molecule has 1 aromatic heterocycles. The molecule has 0 saturated heterocycles. The summed E-state index contributed by atoms with van der Waals surface area (Å²) in [6.07, 6.45) is 5.10. The standard InChI is InChI=1S/C7H8N4O.2ClH/c1-3-4-5(6(8)12)7(9-2)11-10-4;;/h1H,2H3,(H2,8,12)(H2,9,10,11);2*1H. The Hall–Kier alpha value is -1.38. The Morgan fingerprint density at radius 2 is 2.21 bits per heavy atom. The lowest BCUT2D eigenvalue weighted by atomic mass is 10.2. The monoisotopic (exact) mass is 236 g/mol. The van der Waals surface area contributed by atoms with E-state index in [0.29, 0.717) is 11.5 Å². The Labute approximate surface area is 93.6 Å². The predicted molar refractivity (Wildman–Crippen MR) is 59.1 cm³/mol. The van der Waals surface area contributed by atoms with Gasteiger partial charge in [-0.2, -0.15) is 5.10 Å². The highest BCUT2D eigenvalue weighted by molar-refractivity contribution is 5.99. The number of H-pyrrole nitrogens is 1. The lowest BCUT2D eigenvalue weighted by molar-refractivity contribution is 0.100. The second-order valence-electron chi connectivity index (χ2n) is 2.08. The van der Waals surface area contributed by atoms with Crippen LogP contribution in [0.3, 0.4) is 0 Å². The van der Waals surface area contributed by atoms with Crippen LogP contribution in [-0.2, 0) is 0 Å². The van der Waals surface area contributed by atoms with Crippen molar-refractivity contribution in [1.82, 2.24) is 10.2 Å². The molecule has 4 N–H and O–H groups in total. The van der Waals surface area contributed by atoms with Crippen LogP contribution >= 0.6 is 24.8 Å². The number of anilines is 1. The maximum Gasteiger partial charge on any atom is 0.255 e. The number of carbonyl (C=O) groups excluding carboxylic acids is 1. The number of halogens is 2. The van der Waals surface area contributed by atoms with Crippen LogP contribution in [-0.4, -0.2) is 23.2 Å². The lowest BCUT2D eigenvalue weighted by Crippen LogP contribution is -2.13. The molecule has 0 atom stereocenters. The van der Waals surface area contributed by atoms with E-state index in [1.807, 2.05) is 0 Å². The Balaban J connectivity index is 0. The number of terminal acetylenes is 1. The van der Waals surface area contributed by atoms with Gasteiger partial charge in [0.15, 0.2) is 5.82 Å². The minimum atomic E-state index is -0.596. The van der Waals surface area contributed by atoms with Crippen molar-refractivity contribution in [3.8, 4) is 12.3 Å². The number of rotatable bonds is 2. The Morgan fingerprint density at radius 3 is 2.57 bits per heavy atom. The first-order valence-corrected chi connectivity index (χ1v) is 3.23. The zero-order valence-corrected chi connectivity index (χ0v) is 8.96. The fraction of sp³-hybridized carbons (Fsp3) is 0.143. The third-order valence-electron chi connectivity index (χ3n) is 1.39. The summed E-state index contributed by atoms with van der Waals surface area (Å²) in [5.74, 6) is 2.05. The molecule has 0 aliphatic rings. The molecule has 0 bridgehead atoms. The number of nitrogens with one attached hydrogen (secondary N) is 2. The first kappa shape index (κ1) is 15.1. The quantitative estimate of drug-likeness (QED) is 0.650. The molecular formula is C7H10Cl2N4O. The van der Waals surface area contributed by atoms with Gasteiger partial charge in [0.1, 0.15) is 11.3 Å². The van der Waals surface area contributed by atoms with Gasteiger partial charge in [-0.15, -0.1) is 31.2 Å². The molecule has 1 rings (SSSR count). The van der Waals surface area contributed by atoms with Crippen LogP contribution in [0.1, 0.15) is 16.1 Å². The molecule has 0 aromatic carbocycles. The second kappa shape index (κ2) is 6.13. The Morgan fingerprint density at radius 1 is 1.64 bits per heavy atom. The Bertz CT molecular complexity index is 355. The zero-order valence-electron chi connectivity index (χ0n) is 7.33. The minimum absolute atomic E-state index is 0. The van der Waals surface area contributed by atoms with Crippen LogP contribution in [0.2, 0.25) is 0 Å². The molecule has 78 valence electrons. The van der Waals surface area contributed by atoms with Crippen molar-refractivity contribution in [3.05, 3.63) is 11.3 Å². The van der Waals surface area contributed by atoms with Gasteiger partial charge >= 0.3 is 0 Å². The van der Waals surface area contributed by atoms with Crippen molar-refractivity contribution < 1.29 is 4.79 Å². The van der Waals surface area contributed by atoms with E-state index in [4.69, 9.17) is 12.2 Å². The van der Waals surface area contributed by atoms with Crippen LogP contribution in [0.5, 0.6) is 0 Å². The fourth-order valence-electron chi connectivity index (χ4n) is 0.867. The maximum absolute atomic E-state index is 10.8. The molecule has 7 heteroatoms. The third-order valence-corrected chi connectivity index (χ3v) is 1.39. The molecule has 1 heterocycles. The zero-order chi connectivity index (χ0) is 9.14. The number of aromatic nitrogens is 2. The van der Waals surface area contributed by atoms with Crippen molar-refractivity contribution in [2.24, 2.45) is 5.73 Å². The van der Waals surface area contributed by atoms with Crippen molar-refractivity contribution in [1.29, 1.82) is 0 Å². The molecule has 14 heavy (non-hydrogen) atoms.